The van der Waals surface area contributed by atoms with Crippen LogP contribution in [-0.4, -0.2) is 21.8 Å². The maximum absolute atomic E-state index is 12.8. The summed E-state index contributed by atoms with van der Waals surface area (Å²) in [5.41, 5.74) is 1.44. The van der Waals surface area contributed by atoms with E-state index in [1.54, 1.807) is 31.3 Å². The van der Waals surface area contributed by atoms with Gasteiger partial charge in [-0.05, 0) is 37.1 Å². The van der Waals surface area contributed by atoms with E-state index in [4.69, 9.17) is 0 Å². The number of imide groups is 1. The number of hydrogen-bond donors (Lipinski definition) is 1. The molecule has 3 amide bonds. The summed E-state index contributed by atoms with van der Waals surface area (Å²) < 4.78 is 0. The van der Waals surface area contributed by atoms with Gasteiger partial charge in [-0.25, -0.2) is 4.79 Å². The van der Waals surface area contributed by atoms with Gasteiger partial charge < -0.3 is 5.32 Å². The first kappa shape index (κ1) is 14.3. The SMILES string of the molecule is Cc1ccccc1CN1C(=O)N[C@@](C)(c2ccccn2)C1=O. The molecule has 1 atom stereocenters. The van der Waals surface area contributed by atoms with Gasteiger partial charge in [-0.2, -0.15) is 0 Å². The minimum atomic E-state index is -1.11. The molecular weight excluding hydrogens is 278 g/mol. The van der Waals surface area contributed by atoms with Gasteiger partial charge in [-0.3, -0.25) is 14.7 Å². The molecule has 1 aromatic heterocycles. The lowest BCUT2D eigenvalue weighted by Gasteiger charge is -2.21. The Morgan fingerprint density at radius 2 is 1.86 bits per heavy atom. The predicted octanol–water partition coefficient (Wildman–Crippen LogP) is 2.36. The van der Waals surface area contributed by atoms with Crippen LogP contribution in [0.5, 0.6) is 0 Å². The van der Waals surface area contributed by atoms with Crippen molar-refractivity contribution >= 4 is 11.9 Å². The second-order valence-electron chi connectivity index (χ2n) is 5.59. The Bertz CT molecular complexity index is 730. The monoisotopic (exact) mass is 295 g/mol. The Hall–Kier alpha value is -2.69. The fourth-order valence-electron chi connectivity index (χ4n) is 2.63. The van der Waals surface area contributed by atoms with E-state index in [0.29, 0.717) is 5.69 Å². The summed E-state index contributed by atoms with van der Waals surface area (Å²) in [5, 5.41) is 2.76. The summed E-state index contributed by atoms with van der Waals surface area (Å²) in [6.45, 7) is 3.92. The van der Waals surface area contributed by atoms with E-state index in [0.717, 1.165) is 11.1 Å². The first-order chi connectivity index (χ1) is 10.5. The molecule has 112 valence electrons. The third kappa shape index (κ3) is 2.24. The van der Waals surface area contributed by atoms with Crippen LogP contribution in [0.25, 0.3) is 0 Å². The lowest BCUT2D eigenvalue weighted by molar-refractivity contribution is -0.131. The van der Waals surface area contributed by atoms with Crippen molar-refractivity contribution < 1.29 is 9.59 Å². The van der Waals surface area contributed by atoms with E-state index >= 15 is 0 Å². The van der Waals surface area contributed by atoms with E-state index in [1.807, 2.05) is 31.2 Å². The fourth-order valence-corrected chi connectivity index (χ4v) is 2.63. The quantitative estimate of drug-likeness (QED) is 0.884. The van der Waals surface area contributed by atoms with Crippen molar-refractivity contribution in [1.29, 1.82) is 0 Å². The van der Waals surface area contributed by atoms with E-state index < -0.39 is 5.54 Å². The third-order valence-corrected chi connectivity index (χ3v) is 4.04. The molecule has 1 aliphatic heterocycles. The van der Waals surface area contributed by atoms with Crippen LogP contribution in [0.4, 0.5) is 4.79 Å². The predicted molar refractivity (Wildman–Crippen MR) is 81.8 cm³/mol. The lowest BCUT2D eigenvalue weighted by atomic mass is 9.97. The number of aryl methyl sites for hydroxylation is 1. The molecule has 1 saturated heterocycles. The summed E-state index contributed by atoms with van der Waals surface area (Å²) in [7, 11) is 0. The first-order valence-corrected chi connectivity index (χ1v) is 7.12. The van der Waals surface area contributed by atoms with Crippen LogP contribution in [0.2, 0.25) is 0 Å². The molecule has 5 heteroatoms. The minimum absolute atomic E-state index is 0.264. The first-order valence-electron chi connectivity index (χ1n) is 7.12. The molecule has 22 heavy (non-hydrogen) atoms. The van der Waals surface area contributed by atoms with Gasteiger partial charge in [0.25, 0.3) is 5.91 Å². The largest absolute Gasteiger partial charge is 0.325 e. The van der Waals surface area contributed by atoms with Gasteiger partial charge in [0.05, 0.1) is 12.2 Å². The molecule has 2 aromatic rings. The average molecular weight is 295 g/mol. The normalized spacial score (nSPS) is 21.1. The zero-order valence-electron chi connectivity index (χ0n) is 12.5. The maximum atomic E-state index is 12.8. The lowest BCUT2D eigenvalue weighted by Crippen LogP contribution is -2.41. The number of amides is 3. The van der Waals surface area contributed by atoms with Gasteiger partial charge in [0.1, 0.15) is 0 Å². The van der Waals surface area contributed by atoms with Crippen molar-refractivity contribution in [2.75, 3.05) is 0 Å². The van der Waals surface area contributed by atoms with E-state index in [9.17, 15) is 9.59 Å². The number of pyridine rings is 1. The highest BCUT2D eigenvalue weighted by molar-refractivity contribution is 6.06. The number of carbonyl (C=O) groups excluding carboxylic acids is 2. The molecule has 2 heterocycles. The van der Waals surface area contributed by atoms with Crippen LogP contribution in [0.3, 0.4) is 0 Å². The van der Waals surface area contributed by atoms with Crippen LogP contribution in [0.15, 0.2) is 48.7 Å². The second-order valence-corrected chi connectivity index (χ2v) is 5.59. The number of nitrogens with one attached hydrogen (secondary N) is 1. The van der Waals surface area contributed by atoms with E-state index in [1.165, 1.54) is 4.90 Å². The summed E-state index contributed by atoms with van der Waals surface area (Å²) in [6.07, 6.45) is 1.62. The van der Waals surface area contributed by atoms with Crippen LogP contribution in [-0.2, 0) is 16.9 Å². The maximum Gasteiger partial charge on any atom is 0.325 e. The standard InChI is InChI=1S/C17H17N3O2/c1-12-7-3-4-8-13(12)11-20-15(21)17(2,19-16(20)22)14-9-5-6-10-18-14/h3-10H,11H2,1-2H3,(H,19,22)/t17-/m0/s1. The smallest absolute Gasteiger partial charge is 0.318 e. The van der Waals surface area contributed by atoms with Crippen molar-refractivity contribution in [3.63, 3.8) is 0 Å². The minimum Gasteiger partial charge on any atom is -0.318 e. The highest BCUT2D eigenvalue weighted by Gasteiger charge is 2.49. The molecule has 0 spiro atoms. The van der Waals surface area contributed by atoms with Crippen molar-refractivity contribution in [3.8, 4) is 0 Å². The Kier molecular flexibility index (Phi) is 3.41. The van der Waals surface area contributed by atoms with Crippen molar-refractivity contribution in [2.45, 2.75) is 25.9 Å². The van der Waals surface area contributed by atoms with Gasteiger partial charge >= 0.3 is 6.03 Å². The van der Waals surface area contributed by atoms with Crippen molar-refractivity contribution in [3.05, 3.63) is 65.5 Å². The molecule has 0 unspecified atom stereocenters. The molecule has 0 bridgehead atoms. The molecule has 0 saturated carbocycles. The summed E-state index contributed by atoms with van der Waals surface area (Å²) in [4.78, 5) is 30.5. The number of benzene rings is 1. The van der Waals surface area contributed by atoms with E-state index in [-0.39, 0.29) is 18.5 Å². The zero-order chi connectivity index (χ0) is 15.7. The van der Waals surface area contributed by atoms with Crippen molar-refractivity contribution in [2.24, 2.45) is 0 Å². The summed E-state index contributed by atoms with van der Waals surface area (Å²) >= 11 is 0. The number of aromatic nitrogens is 1. The molecule has 0 radical (unpaired) electrons. The molecule has 5 nitrogen and oxygen atoms in total. The van der Waals surface area contributed by atoms with Crippen LogP contribution < -0.4 is 5.32 Å². The number of nitrogens with zero attached hydrogens (tertiary/aromatic N) is 2. The van der Waals surface area contributed by atoms with Crippen LogP contribution in [0, 0.1) is 6.92 Å². The van der Waals surface area contributed by atoms with Crippen LogP contribution in [0.1, 0.15) is 23.7 Å². The molecule has 1 N–H and O–H groups in total. The average Bonchev–Trinajstić information content (AvgIpc) is 2.75. The van der Waals surface area contributed by atoms with Gasteiger partial charge in [0, 0.05) is 6.20 Å². The third-order valence-electron chi connectivity index (χ3n) is 4.04. The Balaban J connectivity index is 1.91. The molecule has 1 aliphatic rings. The fraction of sp³-hybridized carbons (Fsp3) is 0.235. The van der Waals surface area contributed by atoms with Crippen LogP contribution >= 0.6 is 0 Å². The Morgan fingerprint density at radius 1 is 1.14 bits per heavy atom. The molecule has 0 aliphatic carbocycles. The summed E-state index contributed by atoms with van der Waals surface area (Å²) in [6, 6.07) is 12.7. The zero-order valence-corrected chi connectivity index (χ0v) is 12.5. The van der Waals surface area contributed by atoms with Gasteiger partial charge in [0.2, 0.25) is 0 Å². The highest BCUT2D eigenvalue weighted by atomic mass is 16.2. The van der Waals surface area contributed by atoms with Gasteiger partial charge in [0.15, 0.2) is 5.54 Å². The van der Waals surface area contributed by atoms with Gasteiger partial charge in [-0.15, -0.1) is 0 Å². The number of carbonyl (C=O) groups is 2. The number of urea groups is 1. The Morgan fingerprint density at radius 3 is 2.55 bits per heavy atom. The number of hydrogen-bond acceptors (Lipinski definition) is 3. The molecule has 3 rings (SSSR count). The summed E-state index contributed by atoms with van der Waals surface area (Å²) in [5.74, 6) is -0.278. The molecule has 1 fully saturated rings. The topological polar surface area (TPSA) is 62.3 Å². The van der Waals surface area contributed by atoms with Crippen molar-refractivity contribution in [1.82, 2.24) is 15.2 Å². The molecular formula is C17H17N3O2. The number of rotatable bonds is 3. The molecule has 1 aromatic carbocycles. The van der Waals surface area contributed by atoms with E-state index in [2.05, 4.69) is 10.3 Å². The second kappa shape index (κ2) is 5.26. The highest BCUT2D eigenvalue weighted by Crippen LogP contribution is 2.28. The van der Waals surface area contributed by atoms with Gasteiger partial charge in [-0.1, -0.05) is 30.3 Å². The Labute approximate surface area is 129 Å².